The average molecular weight is 565 g/mol. The van der Waals surface area contributed by atoms with E-state index in [4.69, 9.17) is 0 Å². The molecule has 2 nitrogen and oxygen atoms in total. The van der Waals surface area contributed by atoms with Gasteiger partial charge in [-0.15, -0.1) is 0 Å². The summed E-state index contributed by atoms with van der Waals surface area (Å²) >= 11 is 0. The number of rotatable bonds is 6. The highest BCUT2D eigenvalue weighted by Crippen LogP contribution is 2.50. The van der Waals surface area contributed by atoms with E-state index in [-0.39, 0.29) is 0 Å². The molecule has 0 atom stereocenters. The van der Waals surface area contributed by atoms with E-state index in [1.807, 2.05) is 0 Å². The molecule has 0 aromatic heterocycles. The SMILES string of the molecule is C1=CC(N(c2ccccc2)c2c3ccccc3c(N(c3ccccc3)c3ccc4ccccc4c3)c3ccccc23)=CCC1. The standard InChI is InChI=1S/C42H32N2/c1-4-18-33(19-5-1)43(34-20-6-2-7-21-34)41-37-24-12-14-26-39(37)42(40-27-15-13-25-38(40)41)44(35-22-8-3-9-23-35)36-29-28-31-16-10-11-17-32(31)30-36/h1,3-6,8-30H,2,7H2. The van der Waals surface area contributed by atoms with Gasteiger partial charge in [-0.05, 0) is 66.1 Å². The van der Waals surface area contributed by atoms with Crippen LogP contribution in [0.15, 0.2) is 176 Å². The number of hydrogen-bond acceptors (Lipinski definition) is 2. The predicted octanol–water partition coefficient (Wildman–Crippen LogP) is 12.0. The Morgan fingerprint density at radius 2 is 0.886 bits per heavy atom. The topological polar surface area (TPSA) is 6.48 Å². The van der Waals surface area contributed by atoms with Crippen molar-refractivity contribution in [3.8, 4) is 0 Å². The minimum Gasteiger partial charge on any atom is -0.310 e. The molecule has 1 aliphatic rings. The number of nitrogens with zero attached hydrogens (tertiary/aromatic N) is 2. The Morgan fingerprint density at radius 3 is 1.45 bits per heavy atom. The molecule has 0 bridgehead atoms. The van der Waals surface area contributed by atoms with Crippen LogP contribution in [0.4, 0.5) is 28.4 Å². The molecule has 1 aliphatic carbocycles. The molecule has 0 radical (unpaired) electrons. The largest absolute Gasteiger partial charge is 0.310 e. The summed E-state index contributed by atoms with van der Waals surface area (Å²) in [6, 6.07) is 54.7. The van der Waals surface area contributed by atoms with Crippen molar-refractivity contribution in [2.45, 2.75) is 12.8 Å². The molecular formula is C42H32N2. The average Bonchev–Trinajstić information content (AvgIpc) is 3.10. The lowest BCUT2D eigenvalue weighted by Gasteiger charge is -2.33. The van der Waals surface area contributed by atoms with Crippen LogP contribution in [-0.2, 0) is 0 Å². The van der Waals surface area contributed by atoms with Gasteiger partial charge in [-0.25, -0.2) is 0 Å². The van der Waals surface area contributed by atoms with Crippen LogP contribution < -0.4 is 9.80 Å². The number of allylic oxidation sites excluding steroid dienone is 3. The number of fused-ring (bicyclic) bond motifs is 3. The van der Waals surface area contributed by atoms with Crippen molar-refractivity contribution in [3.05, 3.63) is 176 Å². The first kappa shape index (κ1) is 26.1. The van der Waals surface area contributed by atoms with E-state index >= 15 is 0 Å². The van der Waals surface area contributed by atoms with Gasteiger partial charge < -0.3 is 9.80 Å². The molecule has 0 saturated carbocycles. The summed E-state index contributed by atoms with van der Waals surface area (Å²) in [4.78, 5) is 4.89. The quantitative estimate of drug-likeness (QED) is 0.146. The molecule has 0 fully saturated rings. The van der Waals surface area contributed by atoms with Crippen molar-refractivity contribution < 1.29 is 0 Å². The molecular weight excluding hydrogens is 532 g/mol. The van der Waals surface area contributed by atoms with Crippen LogP contribution in [0.3, 0.4) is 0 Å². The van der Waals surface area contributed by atoms with Crippen molar-refractivity contribution in [1.82, 2.24) is 0 Å². The van der Waals surface area contributed by atoms with Crippen molar-refractivity contribution in [2.75, 3.05) is 9.80 Å². The van der Waals surface area contributed by atoms with Gasteiger partial charge in [0.05, 0.1) is 11.4 Å². The van der Waals surface area contributed by atoms with E-state index in [0.29, 0.717) is 0 Å². The van der Waals surface area contributed by atoms with Gasteiger partial charge in [0.15, 0.2) is 0 Å². The Kier molecular flexibility index (Phi) is 6.66. The molecule has 0 unspecified atom stereocenters. The fourth-order valence-electron chi connectivity index (χ4n) is 6.61. The van der Waals surface area contributed by atoms with Crippen molar-refractivity contribution in [1.29, 1.82) is 0 Å². The second kappa shape index (κ2) is 11.2. The lowest BCUT2D eigenvalue weighted by molar-refractivity contribution is 0.999. The molecule has 7 aromatic rings. The fraction of sp³-hybridized carbons (Fsp3) is 0.0476. The summed E-state index contributed by atoms with van der Waals surface area (Å²) in [7, 11) is 0. The molecule has 8 rings (SSSR count). The zero-order chi connectivity index (χ0) is 29.3. The first-order chi connectivity index (χ1) is 21.9. The Morgan fingerprint density at radius 1 is 0.386 bits per heavy atom. The van der Waals surface area contributed by atoms with Crippen molar-refractivity contribution >= 4 is 60.8 Å². The summed E-state index contributed by atoms with van der Waals surface area (Å²) in [6.07, 6.45) is 9.05. The highest BCUT2D eigenvalue weighted by atomic mass is 15.2. The monoisotopic (exact) mass is 564 g/mol. The molecule has 0 amide bonds. The Hall–Kier alpha value is -5.60. The third kappa shape index (κ3) is 4.53. The molecule has 0 heterocycles. The molecule has 0 N–H and O–H groups in total. The lowest BCUT2D eigenvalue weighted by Crippen LogP contribution is -2.18. The van der Waals surface area contributed by atoms with Gasteiger partial charge in [-0.1, -0.05) is 127 Å². The summed E-state index contributed by atoms with van der Waals surface area (Å²) in [5, 5.41) is 7.31. The first-order valence-corrected chi connectivity index (χ1v) is 15.4. The number of benzene rings is 7. The van der Waals surface area contributed by atoms with Crippen LogP contribution in [0.1, 0.15) is 12.8 Å². The third-order valence-corrected chi connectivity index (χ3v) is 8.58. The summed E-state index contributed by atoms with van der Waals surface area (Å²) in [5.41, 5.74) is 7.01. The second-order valence-electron chi connectivity index (χ2n) is 11.3. The highest BCUT2D eigenvalue weighted by Gasteiger charge is 2.25. The second-order valence-corrected chi connectivity index (χ2v) is 11.3. The van der Waals surface area contributed by atoms with Crippen LogP contribution in [0, 0.1) is 0 Å². The molecule has 210 valence electrons. The van der Waals surface area contributed by atoms with Gasteiger partial charge in [-0.3, -0.25) is 0 Å². The molecule has 0 aliphatic heterocycles. The Labute approximate surface area is 258 Å². The highest BCUT2D eigenvalue weighted by molar-refractivity contribution is 6.23. The van der Waals surface area contributed by atoms with Crippen LogP contribution in [0.25, 0.3) is 32.3 Å². The smallest absolute Gasteiger partial charge is 0.0619 e. The molecule has 7 aromatic carbocycles. The van der Waals surface area contributed by atoms with E-state index in [1.54, 1.807) is 0 Å². The van der Waals surface area contributed by atoms with Crippen LogP contribution in [-0.4, -0.2) is 0 Å². The molecule has 0 spiro atoms. The third-order valence-electron chi connectivity index (χ3n) is 8.58. The molecule has 0 saturated heterocycles. The van der Waals surface area contributed by atoms with Gasteiger partial charge >= 0.3 is 0 Å². The maximum Gasteiger partial charge on any atom is 0.0619 e. The van der Waals surface area contributed by atoms with E-state index in [9.17, 15) is 0 Å². The minimum atomic E-state index is 1.03. The Balaban J connectivity index is 1.48. The van der Waals surface area contributed by atoms with E-state index in [0.717, 1.165) is 29.9 Å². The zero-order valence-electron chi connectivity index (χ0n) is 24.5. The number of anilines is 5. The number of hydrogen-bond donors (Lipinski definition) is 0. The van der Waals surface area contributed by atoms with Gasteiger partial charge in [0.25, 0.3) is 0 Å². The molecule has 2 heteroatoms. The number of para-hydroxylation sites is 2. The van der Waals surface area contributed by atoms with Crippen LogP contribution >= 0.6 is 0 Å². The van der Waals surface area contributed by atoms with Gasteiger partial charge in [0.2, 0.25) is 0 Å². The zero-order valence-corrected chi connectivity index (χ0v) is 24.5. The van der Waals surface area contributed by atoms with Crippen LogP contribution in [0.5, 0.6) is 0 Å². The van der Waals surface area contributed by atoms with E-state index < -0.39 is 0 Å². The van der Waals surface area contributed by atoms with Gasteiger partial charge in [0.1, 0.15) is 0 Å². The van der Waals surface area contributed by atoms with E-state index in [1.165, 1.54) is 49.4 Å². The first-order valence-electron chi connectivity index (χ1n) is 15.4. The van der Waals surface area contributed by atoms with E-state index in [2.05, 4.69) is 180 Å². The van der Waals surface area contributed by atoms with Crippen LogP contribution in [0.2, 0.25) is 0 Å². The van der Waals surface area contributed by atoms with Crippen molar-refractivity contribution in [2.24, 2.45) is 0 Å². The minimum absolute atomic E-state index is 1.03. The summed E-state index contributed by atoms with van der Waals surface area (Å²) in [6.45, 7) is 0. The van der Waals surface area contributed by atoms with Gasteiger partial charge in [-0.2, -0.15) is 0 Å². The van der Waals surface area contributed by atoms with Gasteiger partial charge in [0, 0.05) is 44.3 Å². The summed E-state index contributed by atoms with van der Waals surface area (Å²) < 4.78 is 0. The normalized spacial score (nSPS) is 12.9. The fourth-order valence-corrected chi connectivity index (χ4v) is 6.61. The van der Waals surface area contributed by atoms with Crippen molar-refractivity contribution in [3.63, 3.8) is 0 Å². The maximum atomic E-state index is 2.45. The maximum absolute atomic E-state index is 2.45. The Bertz CT molecular complexity index is 2120. The molecule has 44 heavy (non-hydrogen) atoms. The lowest BCUT2D eigenvalue weighted by atomic mass is 9.95. The predicted molar refractivity (Wildman–Crippen MR) is 189 cm³/mol. The summed E-state index contributed by atoms with van der Waals surface area (Å²) in [5.74, 6) is 0.